The van der Waals surface area contributed by atoms with Crippen molar-refractivity contribution < 1.29 is 9.90 Å². The van der Waals surface area contributed by atoms with E-state index >= 15 is 0 Å². The van der Waals surface area contributed by atoms with Gasteiger partial charge < -0.3 is 10.0 Å². The average Bonchev–Trinajstić information content (AvgIpc) is 3.06. The second-order valence-corrected chi connectivity index (χ2v) is 4.84. The summed E-state index contributed by atoms with van der Waals surface area (Å²) in [5.41, 5.74) is 0.918. The Morgan fingerprint density at radius 2 is 2.33 bits per heavy atom. The first-order chi connectivity index (χ1) is 8.66. The van der Waals surface area contributed by atoms with Gasteiger partial charge in [0.15, 0.2) is 11.5 Å². The van der Waals surface area contributed by atoms with Gasteiger partial charge in [0.05, 0.1) is 0 Å². The number of imidazole rings is 1. The van der Waals surface area contributed by atoms with Gasteiger partial charge in [-0.2, -0.15) is 0 Å². The number of carbonyl (C=O) groups is 1. The number of pyridine rings is 1. The van der Waals surface area contributed by atoms with Crippen LogP contribution in [-0.4, -0.2) is 34.1 Å². The summed E-state index contributed by atoms with van der Waals surface area (Å²) in [6.07, 6.45) is 4.21. The summed E-state index contributed by atoms with van der Waals surface area (Å²) in [6, 6.07) is 5.49. The van der Waals surface area contributed by atoms with Gasteiger partial charge in [0.2, 0.25) is 0 Å². The molecule has 3 rings (SSSR count). The number of carboxylic acids is 1. The number of anilines is 1. The van der Waals surface area contributed by atoms with Gasteiger partial charge in [0.1, 0.15) is 5.65 Å². The minimum atomic E-state index is -0.939. The number of nitrogens with zero attached hydrogens (tertiary/aromatic N) is 3. The summed E-state index contributed by atoms with van der Waals surface area (Å²) in [7, 11) is 1.91. The van der Waals surface area contributed by atoms with Gasteiger partial charge in [-0.1, -0.05) is 6.07 Å². The number of rotatable bonds is 4. The van der Waals surface area contributed by atoms with Crippen molar-refractivity contribution in [2.75, 3.05) is 18.5 Å². The highest BCUT2D eigenvalue weighted by Gasteiger charge is 2.27. The number of hydrogen-bond acceptors (Lipinski definition) is 3. The lowest BCUT2D eigenvalue weighted by Crippen LogP contribution is -2.22. The molecule has 0 bridgehead atoms. The molecule has 0 spiro atoms. The number of aromatic carboxylic acids is 1. The van der Waals surface area contributed by atoms with Crippen molar-refractivity contribution in [1.82, 2.24) is 9.38 Å². The van der Waals surface area contributed by atoms with E-state index in [-0.39, 0.29) is 5.69 Å². The molecule has 0 unspecified atom stereocenters. The zero-order valence-corrected chi connectivity index (χ0v) is 10.2. The molecule has 0 atom stereocenters. The molecular formula is C13H15N3O2. The molecule has 1 aliphatic carbocycles. The molecule has 2 aromatic rings. The summed E-state index contributed by atoms with van der Waals surface area (Å²) in [6.45, 7) is 0.879. The van der Waals surface area contributed by atoms with Crippen molar-refractivity contribution in [3.05, 3.63) is 30.1 Å². The predicted molar refractivity (Wildman–Crippen MR) is 68.1 cm³/mol. The van der Waals surface area contributed by atoms with E-state index in [1.165, 1.54) is 12.8 Å². The third-order valence-corrected chi connectivity index (χ3v) is 3.30. The van der Waals surface area contributed by atoms with Gasteiger partial charge in [0, 0.05) is 19.8 Å². The van der Waals surface area contributed by atoms with Crippen LogP contribution in [0.25, 0.3) is 5.65 Å². The highest BCUT2D eigenvalue weighted by molar-refractivity contribution is 5.93. The van der Waals surface area contributed by atoms with Gasteiger partial charge in [-0.25, -0.2) is 9.78 Å². The Morgan fingerprint density at radius 1 is 1.56 bits per heavy atom. The number of hydrogen-bond donors (Lipinski definition) is 1. The Hall–Kier alpha value is -2.04. The molecule has 1 aliphatic rings. The van der Waals surface area contributed by atoms with Crippen molar-refractivity contribution in [1.29, 1.82) is 0 Å². The molecule has 0 amide bonds. The van der Waals surface area contributed by atoms with Crippen LogP contribution in [0.15, 0.2) is 24.4 Å². The topological polar surface area (TPSA) is 57.8 Å². The molecule has 2 aromatic heterocycles. The molecule has 94 valence electrons. The van der Waals surface area contributed by atoms with Crippen LogP contribution in [0.1, 0.15) is 23.3 Å². The minimum absolute atomic E-state index is 0.244. The summed E-state index contributed by atoms with van der Waals surface area (Å²) in [5, 5.41) is 9.36. The van der Waals surface area contributed by atoms with Crippen molar-refractivity contribution in [3.8, 4) is 0 Å². The number of carboxylic acid groups (broad SMARTS) is 1. The lowest BCUT2D eigenvalue weighted by molar-refractivity contribution is 0.0690. The molecule has 5 heteroatoms. The number of fused-ring (bicyclic) bond motifs is 1. The molecule has 0 saturated heterocycles. The molecule has 0 aliphatic heterocycles. The van der Waals surface area contributed by atoms with Gasteiger partial charge in [0.25, 0.3) is 0 Å². The molecule has 1 saturated carbocycles. The fourth-order valence-corrected chi connectivity index (χ4v) is 2.22. The van der Waals surface area contributed by atoms with E-state index in [9.17, 15) is 9.90 Å². The van der Waals surface area contributed by atoms with Crippen LogP contribution in [0.2, 0.25) is 0 Å². The predicted octanol–water partition coefficient (Wildman–Crippen LogP) is 1.88. The van der Waals surface area contributed by atoms with Crippen LogP contribution in [0.4, 0.5) is 5.82 Å². The van der Waals surface area contributed by atoms with E-state index in [0.29, 0.717) is 17.4 Å². The molecule has 1 fully saturated rings. The second-order valence-electron chi connectivity index (χ2n) is 4.84. The first-order valence-electron chi connectivity index (χ1n) is 6.08. The SMILES string of the molecule is CN(CC1CC1)c1nc2ccccn2c1C(=O)O. The monoisotopic (exact) mass is 245 g/mol. The summed E-state index contributed by atoms with van der Waals surface area (Å²) < 4.78 is 1.63. The normalized spacial score (nSPS) is 14.9. The first-order valence-corrected chi connectivity index (χ1v) is 6.08. The Morgan fingerprint density at radius 3 is 3.00 bits per heavy atom. The van der Waals surface area contributed by atoms with Crippen molar-refractivity contribution in [2.24, 2.45) is 5.92 Å². The average molecular weight is 245 g/mol. The first kappa shape index (κ1) is 11.1. The van der Waals surface area contributed by atoms with E-state index in [0.717, 1.165) is 6.54 Å². The smallest absolute Gasteiger partial charge is 0.356 e. The fraction of sp³-hybridized carbons (Fsp3) is 0.385. The third-order valence-electron chi connectivity index (χ3n) is 3.30. The molecule has 0 radical (unpaired) electrons. The Kier molecular flexibility index (Phi) is 2.47. The molecule has 1 N–H and O–H groups in total. The highest BCUT2D eigenvalue weighted by atomic mass is 16.4. The van der Waals surface area contributed by atoms with E-state index in [4.69, 9.17) is 0 Å². The maximum absolute atomic E-state index is 11.4. The van der Waals surface area contributed by atoms with Crippen LogP contribution < -0.4 is 4.90 Å². The molecule has 5 nitrogen and oxygen atoms in total. The van der Waals surface area contributed by atoms with Crippen LogP contribution >= 0.6 is 0 Å². The lowest BCUT2D eigenvalue weighted by Gasteiger charge is -2.16. The standard InChI is InChI=1S/C13H15N3O2/c1-15(8-9-5-6-9)12-11(13(17)18)16-7-3-2-4-10(16)14-12/h2-4,7,9H,5-6,8H2,1H3,(H,17,18). The van der Waals surface area contributed by atoms with E-state index in [1.54, 1.807) is 10.6 Å². The molecule has 0 aromatic carbocycles. The third kappa shape index (κ3) is 1.81. The minimum Gasteiger partial charge on any atom is -0.476 e. The van der Waals surface area contributed by atoms with Crippen molar-refractivity contribution in [3.63, 3.8) is 0 Å². The zero-order valence-electron chi connectivity index (χ0n) is 10.2. The molecular weight excluding hydrogens is 230 g/mol. The lowest BCUT2D eigenvalue weighted by atomic mass is 10.3. The van der Waals surface area contributed by atoms with Crippen LogP contribution in [-0.2, 0) is 0 Å². The maximum Gasteiger partial charge on any atom is 0.356 e. The quantitative estimate of drug-likeness (QED) is 0.893. The molecule has 2 heterocycles. The Bertz CT molecular complexity index is 601. The van der Waals surface area contributed by atoms with Gasteiger partial charge >= 0.3 is 5.97 Å². The van der Waals surface area contributed by atoms with E-state index < -0.39 is 5.97 Å². The van der Waals surface area contributed by atoms with Crippen LogP contribution in [0, 0.1) is 5.92 Å². The second kappa shape index (κ2) is 4.01. The van der Waals surface area contributed by atoms with Crippen LogP contribution in [0.5, 0.6) is 0 Å². The largest absolute Gasteiger partial charge is 0.476 e. The molecule has 18 heavy (non-hydrogen) atoms. The summed E-state index contributed by atoms with van der Waals surface area (Å²) >= 11 is 0. The highest BCUT2D eigenvalue weighted by Crippen LogP contribution is 2.31. The Balaban J connectivity index is 2.08. The van der Waals surface area contributed by atoms with Gasteiger partial charge in [-0.3, -0.25) is 4.40 Å². The van der Waals surface area contributed by atoms with Gasteiger partial charge in [-0.15, -0.1) is 0 Å². The van der Waals surface area contributed by atoms with Crippen molar-refractivity contribution in [2.45, 2.75) is 12.8 Å². The van der Waals surface area contributed by atoms with Crippen LogP contribution in [0.3, 0.4) is 0 Å². The van der Waals surface area contributed by atoms with Gasteiger partial charge in [-0.05, 0) is 30.9 Å². The summed E-state index contributed by atoms with van der Waals surface area (Å²) in [5.74, 6) is 0.313. The van der Waals surface area contributed by atoms with E-state index in [1.807, 2.05) is 30.1 Å². The Labute approximate surface area is 105 Å². The van der Waals surface area contributed by atoms with E-state index in [2.05, 4.69) is 4.98 Å². The number of aromatic nitrogens is 2. The zero-order chi connectivity index (χ0) is 12.7. The maximum atomic E-state index is 11.4. The van der Waals surface area contributed by atoms with Crippen molar-refractivity contribution >= 4 is 17.4 Å². The fourth-order valence-electron chi connectivity index (χ4n) is 2.22. The summed E-state index contributed by atoms with van der Waals surface area (Å²) in [4.78, 5) is 17.8.